The third kappa shape index (κ3) is 4.04. The van der Waals surface area contributed by atoms with E-state index in [1.807, 2.05) is 0 Å². The van der Waals surface area contributed by atoms with Gasteiger partial charge in [0, 0.05) is 26.7 Å². The second kappa shape index (κ2) is 5.95. The number of nitrogens with zero attached hydrogens (tertiary/aromatic N) is 1. The Hall–Kier alpha value is -0.650. The number of likely N-dealkylation sites (N-methyl/N-ethyl adjacent to an activating group) is 2. The lowest BCUT2D eigenvalue weighted by Crippen LogP contribution is -2.46. The first-order chi connectivity index (χ1) is 6.72. The fourth-order valence-corrected chi connectivity index (χ4v) is 1.43. The third-order valence-electron chi connectivity index (χ3n) is 2.28. The number of nitrogens with one attached hydrogen (secondary N) is 2. The van der Waals surface area contributed by atoms with Crippen LogP contribution in [0.3, 0.4) is 0 Å². The Morgan fingerprint density at radius 2 is 2.43 bits per heavy atom. The summed E-state index contributed by atoms with van der Waals surface area (Å²) in [5.41, 5.74) is 0. The van der Waals surface area contributed by atoms with Crippen molar-refractivity contribution in [3.63, 3.8) is 0 Å². The monoisotopic (exact) mass is 201 g/mol. The Kier molecular flexibility index (Phi) is 4.86. The molecule has 1 heterocycles. The van der Waals surface area contributed by atoms with Gasteiger partial charge in [-0.2, -0.15) is 0 Å². The minimum atomic E-state index is 0.00849. The lowest BCUT2D eigenvalue weighted by atomic mass is 10.3. The normalized spacial score (nSPS) is 23.4. The van der Waals surface area contributed by atoms with Crippen molar-refractivity contribution in [2.45, 2.75) is 6.10 Å². The fourth-order valence-electron chi connectivity index (χ4n) is 1.43. The first kappa shape index (κ1) is 11.4. The van der Waals surface area contributed by atoms with Crippen molar-refractivity contribution in [1.29, 1.82) is 0 Å². The molecule has 5 nitrogen and oxygen atoms in total. The summed E-state index contributed by atoms with van der Waals surface area (Å²) in [5.74, 6) is 0.00849. The highest BCUT2D eigenvalue weighted by Gasteiger charge is 2.16. The predicted molar refractivity (Wildman–Crippen MR) is 54.2 cm³/mol. The number of hydrogen-bond donors (Lipinski definition) is 2. The lowest BCUT2D eigenvalue weighted by Gasteiger charge is -2.30. The minimum absolute atomic E-state index is 0.00849. The van der Waals surface area contributed by atoms with Crippen LogP contribution in [-0.2, 0) is 9.53 Å². The number of rotatable bonds is 4. The molecule has 2 N–H and O–H groups in total. The van der Waals surface area contributed by atoms with Crippen LogP contribution in [0, 0.1) is 0 Å². The van der Waals surface area contributed by atoms with E-state index in [0.29, 0.717) is 6.54 Å². The molecule has 1 aliphatic heterocycles. The standard InChI is InChI=1S/C9H19N3O2/c1-10-9(13)6-11-5-8-7-12(2)3-4-14-8/h8,11H,3-7H2,1-2H3,(H,10,13). The van der Waals surface area contributed by atoms with Gasteiger partial charge in [0.25, 0.3) is 0 Å². The molecule has 0 spiro atoms. The van der Waals surface area contributed by atoms with Gasteiger partial charge in [0.05, 0.1) is 19.3 Å². The molecule has 1 saturated heterocycles. The molecule has 0 saturated carbocycles. The van der Waals surface area contributed by atoms with Crippen LogP contribution in [0.1, 0.15) is 0 Å². The molecule has 0 aliphatic carbocycles. The summed E-state index contributed by atoms with van der Waals surface area (Å²) in [4.78, 5) is 13.1. The van der Waals surface area contributed by atoms with Crippen LogP contribution in [-0.4, -0.2) is 63.8 Å². The number of amides is 1. The molecule has 0 aromatic heterocycles. The average Bonchev–Trinajstić information content (AvgIpc) is 2.17. The number of carbonyl (C=O) groups excluding carboxylic acids is 1. The van der Waals surface area contributed by atoms with Gasteiger partial charge >= 0.3 is 0 Å². The molecule has 0 aromatic rings. The van der Waals surface area contributed by atoms with E-state index in [9.17, 15) is 4.79 Å². The van der Waals surface area contributed by atoms with Crippen LogP contribution in [0.25, 0.3) is 0 Å². The van der Waals surface area contributed by atoms with Crippen molar-refractivity contribution in [2.75, 3.05) is 46.9 Å². The number of carbonyl (C=O) groups is 1. The van der Waals surface area contributed by atoms with Gasteiger partial charge in [-0.3, -0.25) is 4.79 Å². The highest BCUT2D eigenvalue weighted by Crippen LogP contribution is 2.00. The third-order valence-corrected chi connectivity index (χ3v) is 2.28. The first-order valence-electron chi connectivity index (χ1n) is 4.94. The smallest absolute Gasteiger partial charge is 0.233 e. The van der Waals surface area contributed by atoms with E-state index in [4.69, 9.17) is 4.74 Å². The first-order valence-corrected chi connectivity index (χ1v) is 4.94. The Bertz CT molecular complexity index is 187. The molecule has 1 amide bonds. The van der Waals surface area contributed by atoms with Gasteiger partial charge < -0.3 is 20.3 Å². The van der Waals surface area contributed by atoms with Gasteiger partial charge in [-0.25, -0.2) is 0 Å². The molecule has 1 atom stereocenters. The maximum atomic E-state index is 10.9. The Labute approximate surface area is 84.8 Å². The molecule has 1 aliphatic rings. The molecule has 82 valence electrons. The molecule has 0 bridgehead atoms. The van der Waals surface area contributed by atoms with E-state index in [1.165, 1.54) is 0 Å². The Morgan fingerprint density at radius 1 is 1.64 bits per heavy atom. The van der Waals surface area contributed by atoms with Crippen molar-refractivity contribution in [3.8, 4) is 0 Å². The molecule has 14 heavy (non-hydrogen) atoms. The fraction of sp³-hybridized carbons (Fsp3) is 0.889. The molecule has 5 heteroatoms. The van der Waals surface area contributed by atoms with Crippen molar-refractivity contribution in [1.82, 2.24) is 15.5 Å². The van der Waals surface area contributed by atoms with Crippen LogP contribution < -0.4 is 10.6 Å². The van der Waals surface area contributed by atoms with E-state index in [0.717, 1.165) is 26.2 Å². The minimum Gasteiger partial charge on any atom is -0.374 e. The topological polar surface area (TPSA) is 53.6 Å². The van der Waals surface area contributed by atoms with E-state index in [-0.39, 0.29) is 12.0 Å². The second-order valence-electron chi connectivity index (χ2n) is 3.56. The van der Waals surface area contributed by atoms with Crippen molar-refractivity contribution >= 4 is 5.91 Å². The number of ether oxygens (including phenoxy) is 1. The highest BCUT2D eigenvalue weighted by atomic mass is 16.5. The van der Waals surface area contributed by atoms with Crippen LogP contribution in [0.4, 0.5) is 0 Å². The van der Waals surface area contributed by atoms with Crippen molar-refractivity contribution < 1.29 is 9.53 Å². The summed E-state index contributed by atoms with van der Waals surface area (Å²) >= 11 is 0. The average molecular weight is 201 g/mol. The highest BCUT2D eigenvalue weighted by molar-refractivity contribution is 5.77. The summed E-state index contributed by atoms with van der Waals surface area (Å²) in [6.07, 6.45) is 0.207. The van der Waals surface area contributed by atoms with Gasteiger partial charge in [-0.1, -0.05) is 0 Å². The molecule has 1 unspecified atom stereocenters. The van der Waals surface area contributed by atoms with Crippen molar-refractivity contribution in [2.24, 2.45) is 0 Å². The lowest BCUT2D eigenvalue weighted by molar-refractivity contribution is -0.119. The summed E-state index contributed by atoms with van der Waals surface area (Å²) in [5, 5.41) is 5.62. The molecule has 0 radical (unpaired) electrons. The summed E-state index contributed by atoms with van der Waals surface area (Å²) < 4.78 is 5.53. The summed E-state index contributed by atoms with van der Waals surface area (Å²) in [6, 6.07) is 0. The van der Waals surface area contributed by atoms with Crippen LogP contribution in [0.2, 0.25) is 0 Å². The summed E-state index contributed by atoms with van der Waals surface area (Å²) in [6.45, 7) is 3.80. The maximum Gasteiger partial charge on any atom is 0.233 e. The van der Waals surface area contributed by atoms with E-state index < -0.39 is 0 Å². The van der Waals surface area contributed by atoms with Crippen LogP contribution in [0.15, 0.2) is 0 Å². The molecular weight excluding hydrogens is 182 g/mol. The largest absolute Gasteiger partial charge is 0.374 e. The zero-order valence-corrected chi connectivity index (χ0v) is 8.88. The van der Waals surface area contributed by atoms with E-state index >= 15 is 0 Å². The van der Waals surface area contributed by atoms with Gasteiger partial charge in [0.2, 0.25) is 5.91 Å². The Morgan fingerprint density at radius 3 is 3.07 bits per heavy atom. The number of hydrogen-bond acceptors (Lipinski definition) is 4. The van der Waals surface area contributed by atoms with Gasteiger partial charge in [-0.15, -0.1) is 0 Å². The van der Waals surface area contributed by atoms with E-state index in [2.05, 4.69) is 22.6 Å². The zero-order chi connectivity index (χ0) is 10.4. The maximum absolute atomic E-state index is 10.9. The zero-order valence-electron chi connectivity index (χ0n) is 8.88. The van der Waals surface area contributed by atoms with E-state index in [1.54, 1.807) is 7.05 Å². The van der Waals surface area contributed by atoms with Crippen LogP contribution >= 0.6 is 0 Å². The molecule has 0 aromatic carbocycles. The quantitative estimate of drug-likeness (QED) is 0.591. The van der Waals surface area contributed by atoms with Gasteiger partial charge in [-0.05, 0) is 7.05 Å². The van der Waals surface area contributed by atoms with Gasteiger partial charge in [0.15, 0.2) is 0 Å². The SMILES string of the molecule is CNC(=O)CNCC1CN(C)CCO1. The molecular formula is C9H19N3O2. The molecule has 1 fully saturated rings. The van der Waals surface area contributed by atoms with Crippen LogP contribution in [0.5, 0.6) is 0 Å². The second-order valence-corrected chi connectivity index (χ2v) is 3.56. The predicted octanol–water partition coefficient (Wildman–Crippen LogP) is -1.35. The summed E-state index contributed by atoms with van der Waals surface area (Å²) in [7, 11) is 3.71. The van der Waals surface area contributed by atoms with Gasteiger partial charge in [0.1, 0.15) is 0 Å². The molecule has 1 rings (SSSR count). The van der Waals surface area contributed by atoms with Crippen molar-refractivity contribution in [3.05, 3.63) is 0 Å². The Balaban J connectivity index is 2.08. The number of morpholine rings is 1.